The summed E-state index contributed by atoms with van der Waals surface area (Å²) in [7, 11) is 0.179. The van der Waals surface area contributed by atoms with Gasteiger partial charge >= 0.3 is 0 Å². The Hall–Kier alpha value is -3.16. The highest BCUT2D eigenvalue weighted by atomic mass is 32.2. The van der Waals surface area contributed by atoms with Crippen LogP contribution in [0.15, 0.2) is 83.8 Å². The van der Waals surface area contributed by atoms with Crippen LogP contribution in [-0.2, 0) is 16.6 Å². The number of carbonyl (C=O) groups is 1. The van der Waals surface area contributed by atoms with Crippen LogP contribution in [0.2, 0.25) is 0 Å². The van der Waals surface area contributed by atoms with Crippen LogP contribution in [0.5, 0.6) is 0 Å². The molecule has 0 atom stereocenters. The van der Waals surface area contributed by atoms with Gasteiger partial charge in [-0.3, -0.25) is 9.52 Å². The van der Waals surface area contributed by atoms with Gasteiger partial charge in [0.05, 0.1) is 10.6 Å². The summed E-state index contributed by atoms with van der Waals surface area (Å²) in [6, 6.07) is 23.1. The molecule has 0 heterocycles. The summed E-state index contributed by atoms with van der Waals surface area (Å²) >= 11 is 0. The molecule has 7 heteroatoms. The zero-order valence-electron chi connectivity index (χ0n) is 18.7. The Morgan fingerprint density at radius 2 is 1.47 bits per heavy atom. The van der Waals surface area contributed by atoms with E-state index in [4.69, 9.17) is 0 Å². The average Bonchev–Trinajstić information content (AvgIpc) is 2.78. The molecule has 1 N–H and O–H groups in total. The smallest absolute Gasteiger partial charge is 0.261 e. The monoisotopic (exact) mass is 451 g/mol. The van der Waals surface area contributed by atoms with Crippen molar-refractivity contribution in [3.8, 4) is 0 Å². The Morgan fingerprint density at radius 1 is 0.844 bits per heavy atom. The lowest BCUT2D eigenvalue weighted by atomic mass is 10.1. The van der Waals surface area contributed by atoms with Gasteiger partial charge in [-0.15, -0.1) is 0 Å². The van der Waals surface area contributed by atoms with Crippen molar-refractivity contribution in [3.05, 3.63) is 95.6 Å². The Morgan fingerprint density at radius 3 is 2.09 bits per heavy atom. The number of hydrogen-bond donors (Lipinski definition) is 1. The second kappa shape index (κ2) is 10.4. The number of hydrogen-bond acceptors (Lipinski definition) is 4. The van der Waals surface area contributed by atoms with Gasteiger partial charge in [0.15, 0.2) is 0 Å². The number of rotatable bonds is 9. The summed E-state index contributed by atoms with van der Waals surface area (Å²) in [6.07, 6.45) is 0. The van der Waals surface area contributed by atoms with Gasteiger partial charge in [0.25, 0.3) is 15.9 Å². The third kappa shape index (κ3) is 6.18. The Kier molecular flexibility index (Phi) is 7.66. The number of sulfonamides is 1. The van der Waals surface area contributed by atoms with Crippen LogP contribution >= 0.6 is 0 Å². The maximum absolute atomic E-state index is 13.2. The third-order valence-corrected chi connectivity index (χ3v) is 6.50. The van der Waals surface area contributed by atoms with E-state index in [1.807, 2.05) is 68.4 Å². The van der Waals surface area contributed by atoms with E-state index < -0.39 is 10.0 Å². The predicted molar refractivity (Wildman–Crippen MR) is 128 cm³/mol. The number of likely N-dealkylation sites (N-methyl/N-ethyl adjacent to an activating group) is 1. The number of anilines is 1. The Balaban J connectivity index is 1.78. The number of para-hydroxylation sites is 1. The first-order valence-electron chi connectivity index (χ1n) is 10.4. The van der Waals surface area contributed by atoms with Gasteiger partial charge in [-0.1, -0.05) is 48.5 Å². The molecule has 6 nitrogen and oxygen atoms in total. The second-order valence-electron chi connectivity index (χ2n) is 7.96. The number of carbonyl (C=O) groups excluding carboxylic acids is 1. The largest absolute Gasteiger partial charge is 0.333 e. The second-order valence-corrected chi connectivity index (χ2v) is 9.64. The van der Waals surface area contributed by atoms with Gasteiger partial charge in [0.2, 0.25) is 0 Å². The zero-order chi connectivity index (χ0) is 23.1. The van der Waals surface area contributed by atoms with Crippen LogP contribution in [0.1, 0.15) is 21.5 Å². The first kappa shape index (κ1) is 23.5. The van der Waals surface area contributed by atoms with Crippen molar-refractivity contribution in [3.63, 3.8) is 0 Å². The van der Waals surface area contributed by atoms with Gasteiger partial charge in [-0.25, -0.2) is 8.42 Å². The number of aryl methyl sites for hydroxylation is 1. The van der Waals surface area contributed by atoms with Crippen LogP contribution in [0.3, 0.4) is 0 Å². The lowest BCUT2D eigenvalue weighted by molar-refractivity contribution is 0.0732. The fourth-order valence-corrected chi connectivity index (χ4v) is 4.36. The average molecular weight is 452 g/mol. The van der Waals surface area contributed by atoms with Crippen molar-refractivity contribution >= 4 is 21.6 Å². The highest BCUT2D eigenvalue weighted by Crippen LogP contribution is 2.20. The van der Waals surface area contributed by atoms with E-state index in [0.717, 1.165) is 17.7 Å². The molecule has 0 saturated carbocycles. The van der Waals surface area contributed by atoms with E-state index in [2.05, 4.69) is 4.72 Å². The molecule has 0 radical (unpaired) electrons. The van der Waals surface area contributed by atoms with Crippen molar-refractivity contribution in [2.75, 3.05) is 31.9 Å². The highest BCUT2D eigenvalue weighted by molar-refractivity contribution is 7.92. The lowest BCUT2D eigenvalue weighted by Crippen LogP contribution is -2.36. The summed E-state index contributed by atoms with van der Waals surface area (Å²) in [5.74, 6) is -0.133. The van der Waals surface area contributed by atoms with Crippen LogP contribution in [0.25, 0.3) is 0 Å². The van der Waals surface area contributed by atoms with Gasteiger partial charge in [0, 0.05) is 25.2 Å². The van der Waals surface area contributed by atoms with E-state index in [-0.39, 0.29) is 10.8 Å². The van der Waals surface area contributed by atoms with E-state index >= 15 is 0 Å². The predicted octanol–water partition coefficient (Wildman–Crippen LogP) is 4.00. The minimum Gasteiger partial charge on any atom is -0.333 e. The van der Waals surface area contributed by atoms with Crippen molar-refractivity contribution in [1.29, 1.82) is 0 Å². The van der Waals surface area contributed by atoms with E-state index in [1.165, 1.54) is 12.1 Å². The standard InChI is InChI=1S/C25H29N3O3S/c1-20-9-7-8-12-24(20)26-32(30,31)23-15-13-22(14-16-23)25(29)28(18-17-27(2)3)19-21-10-5-4-6-11-21/h4-16,26H,17-19H2,1-3H3. The Labute approximate surface area is 190 Å². The maximum Gasteiger partial charge on any atom is 0.261 e. The third-order valence-electron chi connectivity index (χ3n) is 5.12. The van der Waals surface area contributed by atoms with Crippen molar-refractivity contribution in [2.45, 2.75) is 18.4 Å². The highest BCUT2D eigenvalue weighted by Gasteiger charge is 2.19. The van der Waals surface area contributed by atoms with Gasteiger partial charge in [-0.05, 0) is 62.5 Å². The van der Waals surface area contributed by atoms with Gasteiger partial charge in [0.1, 0.15) is 0 Å². The summed E-state index contributed by atoms with van der Waals surface area (Å²) in [4.78, 5) is 17.1. The van der Waals surface area contributed by atoms with Gasteiger partial charge < -0.3 is 9.80 Å². The normalized spacial score (nSPS) is 11.4. The minimum atomic E-state index is -3.75. The summed E-state index contributed by atoms with van der Waals surface area (Å²) in [5, 5.41) is 0. The molecule has 3 aromatic rings. The molecule has 1 amide bonds. The SMILES string of the molecule is Cc1ccccc1NS(=O)(=O)c1ccc(C(=O)N(CCN(C)C)Cc2ccccc2)cc1. The first-order valence-corrected chi connectivity index (χ1v) is 11.9. The molecule has 0 saturated heterocycles. The van der Waals surface area contributed by atoms with Crippen molar-refractivity contribution in [1.82, 2.24) is 9.80 Å². The molecule has 0 aromatic heterocycles. The topological polar surface area (TPSA) is 69.7 Å². The molecule has 3 rings (SSSR count). The van der Waals surface area contributed by atoms with Gasteiger partial charge in [-0.2, -0.15) is 0 Å². The number of amides is 1. The maximum atomic E-state index is 13.2. The molecule has 0 bridgehead atoms. The number of benzene rings is 3. The molecule has 0 aliphatic carbocycles. The Bertz CT molecular complexity index is 1140. The van der Waals surface area contributed by atoms with Crippen molar-refractivity contribution < 1.29 is 13.2 Å². The molecule has 0 fully saturated rings. The summed E-state index contributed by atoms with van der Waals surface area (Å²) in [5.41, 5.74) is 2.86. The van der Waals surface area contributed by atoms with Crippen LogP contribution in [-0.4, -0.2) is 51.3 Å². The van der Waals surface area contributed by atoms with Crippen LogP contribution in [0, 0.1) is 6.92 Å². The lowest BCUT2D eigenvalue weighted by Gasteiger charge is -2.25. The molecule has 32 heavy (non-hydrogen) atoms. The number of nitrogens with zero attached hydrogens (tertiary/aromatic N) is 2. The molecular formula is C25H29N3O3S. The van der Waals surface area contributed by atoms with E-state index in [1.54, 1.807) is 29.2 Å². The molecule has 0 aliphatic rings. The van der Waals surface area contributed by atoms with E-state index in [9.17, 15) is 13.2 Å². The molecular weight excluding hydrogens is 422 g/mol. The minimum absolute atomic E-state index is 0.111. The van der Waals surface area contributed by atoms with Crippen LogP contribution < -0.4 is 4.72 Å². The quantitative estimate of drug-likeness (QED) is 0.534. The molecule has 0 spiro atoms. The summed E-state index contributed by atoms with van der Waals surface area (Å²) < 4.78 is 28.2. The summed E-state index contributed by atoms with van der Waals surface area (Å²) in [6.45, 7) is 3.62. The molecule has 168 valence electrons. The number of nitrogens with one attached hydrogen (secondary N) is 1. The molecule has 3 aromatic carbocycles. The van der Waals surface area contributed by atoms with Crippen molar-refractivity contribution in [2.24, 2.45) is 0 Å². The molecule has 0 unspecified atom stereocenters. The zero-order valence-corrected chi connectivity index (χ0v) is 19.5. The van der Waals surface area contributed by atoms with E-state index in [0.29, 0.717) is 24.3 Å². The fraction of sp³-hybridized carbons (Fsp3) is 0.240. The first-order chi connectivity index (χ1) is 15.3. The van der Waals surface area contributed by atoms with Crippen LogP contribution in [0.4, 0.5) is 5.69 Å². The fourth-order valence-electron chi connectivity index (χ4n) is 3.23. The molecule has 0 aliphatic heterocycles.